The van der Waals surface area contributed by atoms with Gasteiger partial charge in [-0.25, -0.2) is 8.78 Å². The molecule has 78 valence electrons. The van der Waals surface area contributed by atoms with E-state index in [1.807, 2.05) is 0 Å². The summed E-state index contributed by atoms with van der Waals surface area (Å²) in [6.45, 7) is 0. The highest BCUT2D eigenvalue weighted by Crippen LogP contribution is 2.33. The molecule has 0 N–H and O–H groups in total. The summed E-state index contributed by atoms with van der Waals surface area (Å²) in [5.74, 6) is -1.25. The molecule has 1 heterocycles. The molecule has 0 radical (unpaired) electrons. The molecule has 15 heavy (non-hydrogen) atoms. The molecule has 0 amide bonds. The SMILES string of the molecule is Fc1ccc(Sc2nsnc2Cl)c(F)c1. The van der Waals surface area contributed by atoms with E-state index in [9.17, 15) is 8.78 Å². The topological polar surface area (TPSA) is 25.8 Å². The Balaban J connectivity index is 2.29. The lowest BCUT2D eigenvalue weighted by atomic mass is 10.3. The summed E-state index contributed by atoms with van der Waals surface area (Å²) >= 11 is 7.66. The number of rotatable bonds is 2. The van der Waals surface area contributed by atoms with Gasteiger partial charge in [-0.15, -0.1) is 0 Å². The number of hydrogen-bond donors (Lipinski definition) is 0. The molecule has 0 spiro atoms. The van der Waals surface area contributed by atoms with Crippen molar-refractivity contribution in [3.63, 3.8) is 0 Å². The fraction of sp³-hybridized carbons (Fsp3) is 0. The molecule has 0 atom stereocenters. The number of halogens is 3. The number of hydrogen-bond acceptors (Lipinski definition) is 4. The molecule has 0 fully saturated rings. The molecule has 2 aromatic rings. The van der Waals surface area contributed by atoms with Crippen LogP contribution in [-0.2, 0) is 0 Å². The fourth-order valence-electron chi connectivity index (χ4n) is 0.893. The Morgan fingerprint density at radius 3 is 2.67 bits per heavy atom. The monoisotopic (exact) mass is 264 g/mol. The van der Waals surface area contributed by atoms with Gasteiger partial charge in [-0.2, -0.15) is 8.75 Å². The van der Waals surface area contributed by atoms with Crippen LogP contribution < -0.4 is 0 Å². The maximum Gasteiger partial charge on any atom is 0.177 e. The molecule has 0 aliphatic heterocycles. The summed E-state index contributed by atoms with van der Waals surface area (Å²) in [6.07, 6.45) is 0. The fourth-order valence-corrected chi connectivity index (χ4v) is 2.49. The van der Waals surface area contributed by atoms with Gasteiger partial charge in [-0.05, 0) is 12.1 Å². The summed E-state index contributed by atoms with van der Waals surface area (Å²) in [6, 6.07) is 3.33. The Labute approximate surface area is 97.6 Å². The molecule has 1 aromatic carbocycles. The molecule has 1 aromatic heterocycles. The highest BCUT2D eigenvalue weighted by molar-refractivity contribution is 7.99. The second-order valence-electron chi connectivity index (χ2n) is 2.54. The highest BCUT2D eigenvalue weighted by atomic mass is 35.5. The van der Waals surface area contributed by atoms with E-state index in [0.29, 0.717) is 5.03 Å². The Morgan fingerprint density at radius 2 is 2.07 bits per heavy atom. The van der Waals surface area contributed by atoms with Gasteiger partial charge in [0.15, 0.2) is 10.2 Å². The summed E-state index contributed by atoms with van der Waals surface area (Å²) in [5.41, 5.74) is 0. The lowest BCUT2D eigenvalue weighted by Crippen LogP contribution is -1.83. The summed E-state index contributed by atoms with van der Waals surface area (Å²) in [7, 11) is 0. The van der Waals surface area contributed by atoms with Crippen molar-refractivity contribution in [3.05, 3.63) is 35.0 Å². The van der Waals surface area contributed by atoms with Crippen molar-refractivity contribution in [2.75, 3.05) is 0 Å². The van der Waals surface area contributed by atoms with E-state index in [2.05, 4.69) is 8.75 Å². The third-order valence-corrected chi connectivity index (χ3v) is 3.67. The third-order valence-electron chi connectivity index (χ3n) is 1.52. The molecule has 7 heteroatoms. The van der Waals surface area contributed by atoms with Crippen molar-refractivity contribution < 1.29 is 8.78 Å². The van der Waals surface area contributed by atoms with Gasteiger partial charge < -0.3 is 0 Å². The highest BCUT2D eigenvalue weighted by Gasteiger charge is 2.11. The van der Waals surface area contributed by atoms with E-state index in [-0.39, 0.29) is 10.0 Å². The van der Waals surface area contributed by atoms with Crippen molar-refractivity contribution in [1.29, 1.82) is 0 Å². The Morgan fingerprint density at radius 1 is 1.27 bits per heavy atom. The number of benzene rings is 1. The smallest absolute Gasteiger partial charge is 0.177 e. The van der Waals surface area contributed by atoms with E-state index in [0.717, 1.165) is 29.6 Å². The first kappa shape index (κ1) is 10.8. The van der Waals surface area contributed by atoms with Crippen LogP contribution in [0.3, 0.4) is 0 Å². The quantitative estimate of drug-likeness (QED) is 0.829. The second-order valence-corrected chi connectivity index (χ2v) is 4.45. The lowest BCUT2D eigenvalue weighted by molar-refractivity contribution is 0.565. The van der Waals surface area contributed by atoms with Gasteiger partial charge >= 0.3 is 0 Å². The molecular weight excluding hydrogens is 262 g/mol. The minimum Gasteiger partial charge on any atom is -0.207 e. The first-order valence-corrected chi connectivity index (χ1v) is 5.70. The molecule has 0 bridgehead atoms. The minimum absolute atomic E-state index is 0.230. The van der Waals surface area contributed by atoms with Crippen LogP contribution in [-0.4, -0.2) is 8.75 Å². The number of nitrogens with zero attached hydrogens (tertiary/aromatic N) is 2. The molecule has 2 rings (SSSR count). The summed E-state index contributed by atoms with van der Waals surface area (Å²) in [5, 5.41) is 0.654. The first-order valence-electron chi connectivity index (χ1n) is 3.78. The Kier molecular flexibility index (Phi) is 3.18. The van der Waals surface area contributed by atoms with Gasteiger partial charge in [-0.1, -0.05) is 23.4 Å². The molecule has 0 aliphatic carbocycles. The van der Waals surface area contributed by atoms with E-state index in [1.54, 1.807) is 0 Å². The maximum absolute atomic E-state index is 13.2. The van der Waals surface area contributed by atoms with Crippen LogP contribution in [0.4, 0.5) is 8.78 Å². The van der Waals surface area contributed by atoms with Crippen molar-refractivity contribution in [1.82, 2.24) is 8.75 Å². The molecule has 2 nitrogen and oxygen atoms in total. The van der Waals surface area contributed by atoms with E-state index in [1.165, 1.54) is 12.1 Å². The largest absolute Gasteiger partial charge is 0.207 e. The van der Waals surface area contributed by atoms with Crippen molar-refractivity contribution in [2.45, 2.75) is 9.92 Å². The van der Waals surface area contributed by atoms with Gasteiger partial charge in [0.2, 0.25) is 0 Å². The van der Waals surface area contributed by atoms with E-state index >= 15 is 0 Å². The van der Waals surface area contributed by atoms with Crippen LogP contribution in [0.5, 0.6) is 0 Å². The average Bonchev–Trinajstić information content (AvgIpc) is 2.57. The summed E-state index contributed by atoms with van der Waals surface area (Å²) < 4.78 is 33.4. The average molecular weight is 265 g/mol. The minimum atomic E-state index is -0.635. The molecule has 0 unspecified atom stereocenters. The zero-order chi connectivity index (χ0) is 10.8. The van der Waals surface area contributed by atoms with Crippen LogP contribution in [0, 0.1) is 11.6 Å². The second kappa shape index (κ2) is 4.42. The summed E-state index contributed by atoms with van der Waals surface area (Å²) in [4.78, 5) is 0.269. The van der Waals surface area contributed by atoms with Crippen LogP contribution in [0.25, 0.3) is 0 Å². The molecule has 0 saturated heterocycles. The van der Waals surface area contributed by atoms with Gasteiger partial charge in [0.05, 0.1) is 11.7 Å². The van der Waals surface area contributed by atoms with Crippen LogP contribution in [0.15, 0.2) is 28.1 Å². The third kappa shape index (κ3) is 2.45. The number of aromatic nitrogens is 2. The van der Waals surface area contributed by atoms with E-state index < -0.39 is 11.6 Å². The Bertz CT molecular complexity index is 489. The van der Waals surface area contributed by atoms with Crippen LogP contribution in [0.1, 0.15) is 0 Å². The predicted octanol–water partition coefficient (Wildman–Crippen LogP) is 3.62. The van der Waals surface area contributed by atoms with Gasteiger partial charge in [0.25, 0.3) is 0 Å². The van der Waals surface area contributed by atoms with Crippen molar-refractivity contribution in [3.8, 4) is 0 Å². The van der Waals surface area contributed by atoms with Gasteiger partial charge in [0, 0.05) is 11.0 Å². The predicted molar refractivity (Wildman–Crippen MR) is 55.4 cm³/mol. The molecule has 0 saturated carbocycles. The molecule has 0 aliphatic rings. The zero-order valence-corrected chi connectivity index (χ0v) is 9.47. The zero-order valence-electron chi connectivity index (χ0n) is 7.08. The van der Waals surface area contributed by atoms with Gasteiger partial charge in [-0.3, -0.25) is 0 Å². The van der Waals surface area contributed by atoms with Gasteiger partial charge in [0.1, 0.15) is 11.6 Å². The van der Waals surface area contributed by atoms with E-state index in [4.69, 9.17) is 11.6 Å². The van der Waals surface area contributed by atoms with Crippen LogP contribution in [0.2, 0.25) is 5.15 Å². The first-order chi connectivity index (χ1) is 7.16. The normalized spacial score (nSPS) is 10.6. The van der Waals surface area contributed by atoms with Crippen molar-refractivity contribution in [2.24, 2.45) is 0 Å². The standard InChI is InChI=1S/C8H3ClF2N2S2/c9-7-8(13-15-12-7)14-6-2-1-4(10)3-5(6)11/h1-3H. The van der Waals surface area contributed by atoms with Crippen molar-refractivity contribution >= 4 is 35.1 Å². The Hall–Kier alpha value is -0.720. The lowest BCUT2D eigenvalue weighted by Gasteiger charge is -1.99. The van der Waals surface area contributed by atoms with Crippen LogP contribution >= 0.6 is 35.1 Å². The molecular formula is C8H3ClF2N2S2. The maximum atomic E-state index is 13.2.